The summed E-state index contributed by atoms with van der Waals surface area (Å²) < 4.78 is 2.14. The smallest absolute Gasteiger partial charge is 0.192 e. The summed E-state index contributed by atoms with van der Waals surface area (Å²) >= 11 is 0. The number of aromatic nitrogens is 2. The fraction of sp³-hybridized carbons (Fsp3) is 0.583. The Hall–Kier alpha value is -1.77. The zero-order chi connectivity index (χ0) is 20.8. The van der Waals surface area contributed by atoms with Crippen LogP contribution in [0.3, 0.4) is 0 Å². The molecule has 1 saturated carbocycles. The van der Waals surface area contributed by atoms with Crippen molar-refractivity contribution in [3.63, 3.8) is 0 Å². The largest absolute Gasteiger partial charge is 0.372 e. The van der Waals surface area contributed by atoms with Crippen LogP contribution in [0.5, 0.6) is 0 Å². The Balaban J connectivity index is 0.00000272. The third-order valence-corrected chi connectivity index (χ3v) is 6.30. The lowest BCUT2D eigenvalue weighted by Crippen LogP contribution is -2.38. The molecule has 1 aliphatic carbocycles. The van der Waals surface area contributed by atoms with Gasteiger partial charge in [0.2, 0.25) is 0 Å². The predicted molar refractivity (Wildman–Crippen MR) is 139 cm³/mol. The maximum absolute atomic E-state index is 4.80. The lowest BCUT2D eigenvalue weighted by atomic mass is 10.1. The Labute approximate surface area is 203 Å². The Bertz CT molecular complexity index is 836. The summed E-state index contributed by atoms with van der Waals surface area (Å²) in [5.41, 5.74) is 3.65. The van der Waals surface area contributed by atoms with Gasteiger partial charge in [-0.2, -0.15) is 5.10 Å². The third-order valence-electron chi connectivity index (χ3n) is 6.30. The molecule has 31 heavy (non-hydrogen) atoms. The van der Waals surface area contributed by atoms with Crippen LogP contribution in [0.15, 0.2) is 41.5 Å². The number of guanidine groups is 1. The van der Waals surface area contributed by atoms with Crippen molar-refractivity contribution in [2.45, 2.75) is 71.0 Å². The maximum atomic E-state index is 4.80. The van der Waals surface area contributed by atoms with Crippen molar-refractivity contribution < 1.29 is 0 Å². The van der Waals surface area contributed by atoms with Crippen molar-refractivity contribution in [3.8, 4) is 0 Å². The number of nitrogens with one attached hydrogen (secondary N) is 2. The van der Waals surface area contributed by atoms with E-state index in [4.69, 9.17) is 10.1 Å². The van der Waals surface area contributed by atoms with Crippen molar-refractivity contribution in [3.05, 3.63) is 47.8 Å². The molecule has 1 saturated heterocycles. The topological polar surface area (TPSA) is 57.5 Å². The lowest BCUT2D eigenvalue weighted by molar-refractivity contribution is 0.463. The number of rotatable bonds is 7. The molecule has 0 amide bonds. The Morgan fingerprint density at radius 1 is 1.16 bits per heavy atom. The highest BCUT2D eigenvalue weighted by Gasteiger charge is 2.18. The van der Waals surface area contributed by atoms with Crippen LogP contribution in [0.25, 0.3) is 0 Å². The van der Waals surface area contributed by atoms with E-state index in [0.29, 0.717) is 12.6 Å². The molecule has 4 rings (SSSR count). The van der Waals surface area contributed by atoms with E-state index in [9.17, 15) is 0 Å². The average Bonchev–Trinajstić information content (AvgIpc) is 3.54. The summed E-state index contributed by atoms with van der Waals surface area (Å²) in [5, 5.41) is 11.7. The number of aliphatic imine (C=N–C) groups is 1. The highest BCUT2D eigenvalue weighted by Crippen LogP contribution is 2.28. The maximum Gasteiger partial charge on any atom is 0.192 e. The molecule has 1 aliphatic heterocycles. The van der Waals surface area contributed by atoms with E-state index < -0.39 is 0 Å². The summed E-state index contributed by atoms with van der Waals surface area (Å²) in [6.45, 7) is 8.07. The summed E-state index contributed by atoms with van der Waals surface area (Å²) in [6, 6.07) is 11.8. The lowest BCUT2D eigenvalue weighted by Gasteiger charge is -2.22. The Morgan fingerprint density at radius 2 is 1.94 bits per heavy atom. The summed E-state index contributed by atoms with van der Waals surface area (Å²) in [7, 11) is 0. The van der Waals surface area contributed by atoms with Gasteiger partial charge in [0.05, 0.1) is 24.3 Å². The number of hydrogen-bond acceptors (Lipinski definition) is 3. The van der Waals surface area contributed by atoms with Crippen LogP contribution in [0.1, 0.15) is 75.7 Å². The minimum absolute atomic E-state index is 0. The minimum Gasteiger partial charge on any atom is -0.372 e. The van der Waals surface area contributed by atoms with E-state index in [1.165, 1.54) is 62.9 Å². The van der Waals surface area contributed by atoms with E-state index in [1.807, 2.05) is 0 Å². The van der Waals surface area contributed by atoms with Crippen molar-refractivity contribution in [2.24, 2.45) is 4.99 Å². The first kappa shape index (κ1) is 23.9. The predicted octanol–water partition coefficient (Wildman–Crippen LogP) is 5.03. The van der Waals surface area contributed by atoms with Crippen LogP contribution in [0.4, 0.5) is 5.69 Å². The van der Waals surface area contributed by atoms with Gasteiger partial charge in [0.25, 0.3) is 0 Å². The second-order valence-electron chi connectivity index (χ2n) is 8.58. The van der Waals surface area contributed by atoms with Crippen LogP contribution >= 0.6 is 24.0 Å². The first-order valence-corrected chi connectivity index (χ1v) is 11.7. The quantitative estimate of drug-likeness (QED) is 0.296. The second-order valence-corrected chi connectivity index (χ2v) is 8.58. The van der Waals surface area contributed by atoms with E-state index >= 15 is 0 Å². The fourth-order valence-electron chi connectivity index (χ4n) is 4.57. The number of nitrogens with zero attached hydrogens (tertiary/aromatic N) is 4. The van der Waals surface area contributed by atoms with Gasteiger partial charge in [0.15, 0.2) is 5.96 Å². The Kier molecular flexibility index (Phi) is 9.04. The molecule has 0 radical (unpaired) electrons. The highest BCUT2D eigenvalue weighted by atomic mass is 127. The van der Waals surface area contributed by atoms with Gasteiger partial charge in [-0.15, -0.1) is 24.0 Å². The summed E-state index contributed by atoms with van der Waals surface area (Å²) in [4.78, 5) is 7.28. The molecule has 2 heterocycles. The van der Waals surface area contributed by atoms with Crippen LogP contribution in [0, 0.1) is 0 Å². The van der Waals surface area contributed by atoms with E-state index in [2.05, 4.69) is 70.6 Å². The van der Waals surface area contributed by atoms with Gasteiger partial charge in [-0.25, -0.2) is 4.99 Å². The van der Waals surface area contributed by atoms with E-state index in [0.717, 1.165) is 18.2 Å². The molecule has 1 unspecified atom stereocenters. The van der Waals surface area contributed by atoms with Crippen molar-refractivity contribution in [2.75, 3.05) is 24.5 Å². The molecule has 2 aromatic rings. The molecule has 2 fully saturated rings. The zero-order valence-electron chi connectivity index (χ0n) is 18.9. The number of hydrogen-bond donors (Lipinski definition) is 2. The SMILES string of the molecule is CCNC(=NCc1ccn(C2CCCC2)n1)NC(C)c1cccc(N2CCCC2)c1.I. The summed E-state index contributed by atoms with van der Waals surface area (Å²) in [5.74, 6) is 0.840. The van der Waals surface area contributed by atoms with Crippen LogP contribution in [-0.2, 0) is 6.54 Å². The van der Waals surface area contributed by atoms with Crippen molar-refractivity contribution >= 4 is 35.6 Å². The van der Waals surface area contributed by atoms with Gasteiger partial charge < -0.3 is 15.5 Å². The normalized spacial score (nSPS) is 18.1. The Morgan fingerprint density at radius 3 is 2.68 bits per heavy atom. The highest BCUT2D eigenvalue weighted by molar-refractivity contribution is 14.0. The van der Waals surface area contributed by atoms with Gasteiger partial charge in [0.1, 0.15) is 0 Å². The number of halogens is 1. The van der Waals surface area contributed by atoms with Gasteiger partial charge in [0, 0.05) is 31.5 Å². The van der Waals surface area contributed by atoms with Gasteiger partial charge >= 0.3 is 0 Å². The first-order valence-electron chi connectivity index (χ1n) is 11.7. The van der Waals surface area contributed by atoms with E-state index in [-0.39, 0.29) is 30.0 Å². The fourth-order valence-corrected chi connectivity index (χ4v) is 4.57. The van der Waals surface area contributed by atoms with Crippen LogP contribution in [0.2, 0.25) is 0 Å². The standard InChI is InChI=1S/C24H36N6.HI/c1-3-25-24(26-18-21-13-16-30(28-21)22-10-4-5-11-22)27-19(2)20-9-8-12-23(17-20)29-14-6-7-15-29;/h8-9,12-13,16-17,19,22H,3-7,10-11,14-15,18H2,1-2H3,(H2,25,26,27);1H. The molecule has 6 nitrogen and oxygen atoms in total. The molecule has 1 atom stereocenters. The molecule has 1 aromatic heterocycles. The van der Waals surface area contributed by atoms with E-state index in [1.54, 1.807) is 0 Å². The molecule has 0 bridgehead atoms. The molecule has 2 N–H and O–H groups in total. The van der Waals surface area contributed by atoms with Gasteiger partial charge in [-0.1, -0.05) is 25.0 Å². The van der Waals surface area contributed by atoms with Crippen molar-refractivity contribution in [1.29, 1.82) is 0 Å². The number of benzene rings is 1. The second kappa shape index (κ2) is 11.7. The van der Waals surface area contributed by atoms with Gasteiger partial charge in [-0.05, 0) is 63.3 Å². The third kappa shape index (κ3) is 6.37. The molecule has 7 heteroatoms. The molecule has 170 valence electrons. The first-order chi connectivity index (χ1) is 14.7. The molecule has 0 spiro atoms. The molecular weight excluding hydrogens is 499 g/mol. The van der Waals surface area contributed by atoms with Gasteiger partial charge in [-0.3, -0.25) is 4.68 Å². The minimum atomic E-state index is 0. The number of anilines is 1. The van der Waals surface area contributed by atoms with Crippen LogP contribution < -0.4 is 15.5 Å². The monoisotopic (exact) mass is 536 g/mol. The van der Waals surface area contributed by atoms with Crippen molar-refractivity contribution in [1.82, 2.24) is 20.4 Å². The van der Waals surface area contributed by atoms with Crippen LogP contribution in [-0.4, -0.2) is 35.4 Å². The molecular formula is C24H37IN6. The average molecular weight is 537 g/mol. The summed E-state index contributed by atoms with van der Waals surface area (Å²) in [6.07, 6.45) is 9.86. The molecule has 1 aromatic carbocycles. The zero-order valence-corrected chi connectivity index (χ0v) is 21.2. The molecule has 2 aliphatic rings.